The third-order valence-corrected chi connectivity index (χ3v) is 9.72. The molecular weight excluding hydrogens is 494 g/mol. The lowest BCUT2D eigenvalue weighted by Gasteiger charge is -2.23. The minimum Gasteiger partial charge on any atom is -0.455 e. The minimum atomic E-state index is 0.326. The summed E-state index contributed by atoms with van der Waals surface area (Å²) in [6.07, 6.45) is 6.86. The summed E-state index contributed by atoms with van der Waals surface area (Å²) >= 11 is 1.97. The Hall–Kier alpha value is -4.47. The van der Waals surface area contributed by atoms with Crippen LogP contribution in [-0.2, 0) is 0 Å². The maximum atomic E-state index is 6.75. The highest BCUT2D eigenvalue weighted by atomic mass is 32.2. The topological polar surface area (TPSA) is 18.1 Å². The van der Waals surface area contributed by atoms with E-state index < -0.39 is 0 Å². The number of furan rings is 1. The van der Waals surface area contributed by atoms with Crippen molar-refractivity contribution in [2.24, 2.45) is 0 Å². The normalized spacial score (nSPS) is 18.2. The molecule has 1 aliphatic carbocycles. The quantitative estimate of drug-likeness (QED) is 0.227. The lowest BCUT2D eigenvalue weighted by atomic mass is 9.81. The molecule has 3 heterocycles. The summed E-state index contributed by atoms with van der Waals surface area (Å²) in [7, 11) is 0. The van der Waals surface area contributed by atoms with Crippen molar-refractivity contribution in [2.75, 3.05) is 0 Å². The van der Waals surface area contributed by atoms with Crippen LogP contribution in [-0.4, -0.2) is 9.82 Å². The van der Waals surface area contributed by atoms with E-state index >= 15 is 0 Å². The summed E-state index contributed by atoms with van der Waals surface area (Å²) in [5.41, 5.74) is 9.40. The third-order valence-electron chi connectivity index (χ3n) is 8.39. The van der Waals surface area contributed by atoms with Crippen LogP contribution in [0.5, 0.6) is 0 Å². The van der Waals surface area contributed by atoms with Crippen molar-refractivity contribution < 1.29 is 4.42 Å². The maximum absolute atomic E-state index is 6.75. The van der Waals surface area contributed by atoms with Crippen molar-refractivity contribution in [1.82, 2.24) is 4.57 Å². The van der Waals surface area contributed by atoms with Gasteiger partial charge in [0.1, 0.15) is 11.2 Å². The number of nitrogens with zero attached hydrogens (tertiary/aromatic N) is 1. The lowest BCUT2D eigenvalue weighted by Crippen LogP contribution is -2.12. The van der Waals surface area contributed by atoms with E-state index in [4.69, 9.17) is 4.42 Å². The number of hydrogen-bond acceptors (Lipinski definition) is 2. The van der Waals surface area contributed by atoms with Crippen LogP contribution in [0, 0.1) is 0 Å². The zero-order valence-corrected chi connectivity index (χ0v) is 21.9. The fraction of sp³-hybridized carbons (Fsp3) is 0.0556. The van der Waals surface area contributed by atoms with Gasteiger partial charge in [-0.1, -0.05) is 97.1 Å². The summed E-state index contributed by atoms with van der Waals surface area (Å²) < 4.78 is 9.15. The fourth-order valence-electron chi connectivity index (χ4n) is 6.79. The molecule has 0 bridgehead atoms. The molecule has 2 atom stereocenters. The highest BCUT2D eigenvalue weighted by molar-refractivity contribution is 8.00. The molecule has 0 amide bonds. The first-order chi connectivity index (χ1) is 19.4. The van der Waals surface area contributed by atoms with Gasteiger partial charge in [0, 0.05) is 37.8 Å². The molecule has 5 aromatic carbocycles. The van der Waals surface area contributed by atoms with Gasteiger partial charge in [-0.15, -0.1) is 11.8 Å². The van der Waals surface area contributed by atoms with E-state index in [2.05, 4.69) is 132 Å². The highest BCUT2D eigenvalue weighted by Crippen LogP contribution is 2.54. The molecule has 2 aliphatic rings. The second-order valence-corrected chi connectivity index (χ2v) is 11.6. The Morgan fingerprint density at radius 1 is 0.667 bits per heavy atom. The number of allylic oxidation sites excluding steroid dienone is 3. The average molecular weight is 518 g/mol. The van der Waals surface area contributed by atoms with Gasteiger partial charge in [-0.3, -0.25) is 0 Å². The molecule has 2 unspecified atom stereocenters. The first kappa shape index (κ1) is 21.5. The summed E-state index contributed by atoms with van der Waals surface area (Å²) in [5.74, 6) is 0.326. The lowest BCUT2D eigenvalue weighted by molar-refractivity contribution is 0.666. The number of benzene rings is 5. The van der Waals surface area contributed by atoms with Gasteiger partial charge in [0.25, 0.3) is 0 Å². The monoisotopic (exact) mass is 517 g/mol. The van der Waals surface area contributed by atoms with E-state index in [9.17, 15) is 0 Å². The molecule has 0 saturated heterocycles. The van der Waals surface area contributed by atoms with Crippen molar-refractivity contribution in [3.8, 4) is 5.69 Å². The average Bonchev–Trinajstić information content (AvgIpc) is 3.66. The van der Waals surface area contributed by atoms with Crippen LogP contribution >= 0.6 is 11.8 Å². The largest absolute Gasteiger partial charge is 0.455 e. The Balaban J connectivity index is 1.33. The van der Waals surface area contributed by atoms with Crippen LogP contribution in [0.2, 0.25) is 0 Å². The Morgan fingerprint density at radius 2 is 1.38 bits per heavy atom. The Labute approximate surface area is 229 Å². The molecule has 1 aliphatic heterocycles. The number of fused-ring (bicyclic) bond motifs is 9. The van der Waals surface area contributed by atoms with E-state index in [1.165, 1.54) is 43.4 Å². The molecule has 9 rings (SSSR count). The van der Waals surface area contributed by atoms with Crippen LogP contribution in [0.4, 0.5) is 0 Å². The first-order valence-electron chi connectivity index (χ1n) is 13.4. The zero-order valence-electron chi connectivity index (χ0n) is 21.0. The van der Waals surface area contributed by atoms with Crippen molar-refractivity contribution >= 4 is 61.1 Å². The standard InChI is InChI=1S/C36H23NOS/c1-4-16-28-22(10-1)23-11-2-5-17-29(23)37(28)30-18-9-19-31-35(30)27-15-7-14-25(36(27)38-31)24-13-8-21-33-34(24)26-12-3-6-20-32(26)39-33/h1-21,33-34H. The molecule has 2 aromatic heterocycles. The van der Waals surface area contributed by atoms with Gasteiger partial charge in [0.05, 0.1) is 22.1 Å². The summed E-state index contributed by atoms with van der Waals surface area (Å²) in [6.45, 7) is 0. The van der Waals surface area contributed by atoms with Crippen molar-refractivity contribution in [3.63, 3.8) is 0 Å². The third kappa shape index (κ3) is 2.94. The van der Waals surface area contributed by atoms with Gasteiger partial charge < -0.3 is 8.98 Å². The molecular formula is C36H23NOS. The summed E-state index contributed by atoms with van der Waals surface area (Å²) in [4.78, 5) is 1.38. The Morgan fingerprint density at radius 3 is 2.23 bits per heavy atom. The smallest absolute Gasteiger partial charge is 0.143 e. The highest BCUT2D eigenvalue weighted by Gasteiger charge is 2.36. The molecule has 0 radical (unpaired) electrons. The van der Waals surface area contributed by atoms with Gasteiger partial charge in [0.2, 0.25) is 0 Å². The molecule has 0 N–H and O–H groups in total. The van der Waals surface area contributed by atoms with E-state index in [0.717, 1.165) is 27.6 Å². The maximum Gasteiger partial charge on any atom is 0.143 e. The van der Waals surface area contributed by atoms with Crippen LogP contribution in [0.3, 0.4) is 0 Å². The summed E-state index contributed by atoms with van der Waals surface area (Å²) in [5, 5.41) is 5.26. The second-order valence-electron chi connectivity index (χ2n) is 10.4. The number of aromatic nitrogens is 1. The number of thioether (sulfide) groups is 1. The molecule has 0 saturated carbocycles. The number of rotatable bonds is 2. The van der Waals surface area contributed by atoms with Crippen molar-refractivity contribution in [1.29, 1.82) is 0 Å². The van der Waals surface area contributed by atoms with Crippen molar-refractivity contribution in [2.45, 2.75) is 16.1 Å². The molecule has 0 fully saturated rings. The molecule has 2 nitrogen and oxygen atoms in total. The molecule has 7 aromatic rings. The van der Waals surface area contributed by atoms with E-state index in [0.29, 0.717) is 11.2 Å². The Bertz CT molecular complexity index is 2120. The van der Waals surface area contributed by atoms with Gasteiger partial charge in [0.15, 0.2) is 0 Å². The predicted molar refractivity (Wildman–Crippen MR) is 164 cm³/mol. The van der Waals surface area contributed by atoms with Crippen molar-refractivity contribution in [3.05, 3.63) is 139 Å². The van der Waals surface area contributed by atoms with E-state index in [1.54, 1.807) is 0 Å². The number of para-hydroxylation sites is 3. The van der Waals surface area contributed by atoms with Crippen LogP contribution in [0.15, 0.2) is 137 Å². The SMILES string of the molecule is C1=CC2Sc3ccccc3C2C(c2cccc3c2oc2cccc(-n4c5ccccc5c5ccccc54)c23)=C1. The van der Waals surface area contributed by atoms with Gasteiger partial charge in [-0.05, 0) is 41.5 Å². The fourth-order valence-corrected chi connectivity index (χ4v) is 8.17. The molecule has 184 valence electrons. The molecule has 0 spiro atoms. The number of hydrogen-bond donors (Lipinski definition) is 0. The Kier molecular flexibility index (Phi) is 4.41. The molecule has 3 heteroatoms. The van der Waals surface area contributed by atoms with E-state index in [1.807, 2.05) is 11.8 Å². The molecule has 39 heavy (non-hydrogen) atoms. The van der Waals surface area contributed by atoms with Gasteiger partial charge in [-0.2, -0.15) is 0 Å². The minimum absolute atomic E-state index is 0.326. The van der Waals surface area contributed by atoms with Gasteiger partial charge >= 0.3 is 0 Å². The summed E-state index contributed by atoms with van der Waals surface area (Å²) in [6, 6.07) is 39.3. The van der Waals surface area contributed by atoms with E-state index in [-0.39, 0.29) is 0 Å². The predicted octanol–water partition coefficient (Wildman–Crippen LogP) is 9.89. The second kappa shape index (κ2) is 8.02. The van der Waals surface area contributed by atoms with Crippen LogP contribution in [0.25, 0.3) is 55.0 Å². The van der Waals surface area contributed by atoms with Gasteiger partial charge in [-0.25, -0.2) is 0 Å². The first-order valence-corrected chi connectivity index (χ1v) is 14.3. The van der Waals surface area contributed by atoms with Crippen LogP contribution in [0.1, 0.15) is 17.0 Å². The zero-order chi connectivity index (χ0) is 25.5. The van der Waals surface area contributed by atoms with Crippen LogP contribution < -0.4 is 0 Å².